The first-order valence-corrected chi connectivity index (χ1v) is 5.93. The summed E-state index contributed by atoms with van der Waals surface area (Å²) in [6.07, 6.45) is -0.821. The molecule has 1 heterocycles. The second kappa shape index (κ2) is 5.60. The molecule has 1 saturated heterocycles. The number of benzene rings is 1. The molecule has 106 valence electrons. The second-order valence-corrected chi connectivity index (χ2v) is 4.42. The number of carboxylic acid groups (broad SMARTS) is 2. The Bertz CT molecular complexity index is 529. The lowest BCUT2D eigenvalue weighted by atomic mass is 9.89. The number of carbonyl (C=O) groups is 3. The summed E-state index contributed by atoms with van der Waals surface area (Å²) in [6.45, 7) is -0.139. The third-order valence-electron chi connectivity index (χ3n) is 3.12. The third-order valence-corrected chi connectivity index (χ3v) is 3.12. The van der Waals surface area contributed by atoms with Gasteiger partial charge in [-0.1, -0.05) is 30.3 Å². The van der Waals surface area contributed by atoms with E-state index in [0.29, 0.717) is 0 Å². The van der Waals surface area contributed by atoms with Crippen LogP contribution in [0.5, 0.6) is 0 Å². The summed E-state index contributed by atoms with van der Waals surface area (Å²) in [7, 11) is 0. The standard InChI is InChI=1S/C13H13NO6/c15-11(16)9-6-14(10(9)12(17)18)13(19)20-7-8-4-2-1-3-5-8/h1-5,9-10H,6-7H2,(H,15,16)(H,17,18). The van der Waals surface area contributed by atoms with Crippen LogP contribution >= 0.6 is 0 Å². The molecule has 1 fully saturated rings. The molecule has 20 heavy (non-hydrogen) atoms. The predicted octanol–water partition coefficient (Wildman–Crippen LogP) is 0.793. The first-order chi connectivity index (χ1) is 9.50. The molecule has 7 nitrogen and oxygen atoms in total. The Balaban J connectivity index is 1.93. The van der Waals surface area contributed by atoms with Crippen molar-refractivity contribution in [2.75, 3.05) is 6.54 Å². The van der Waals surface area contributed by atoms with Gasteiger partial charge in [0.1, 0.15) is 18.6 Å². The largest absolute Gasteiger partial charge is 0.481 e. The lowest BCUT2D eigenvalue weighted by molar-refractivity contribution is -0.164. The fourth-order valence-corrected chi connectivity index (χ4v) is 2.01. The van der Waals surface area contributed by atoms with E-state index in [0.717, 1.165) is 10.5 Å². The average Bonchev–Trinajstić information content (AvgIpc) is 2.35. The Kier molecular flexibility index (Phi) is 3.88. The molecular weight excluding hydrogens is 266 g/mol. The highest BCUT2D eigenvalue weighted by atomic mass is 16.6. The molecule has 1 aromatic carbocycles. The topological polar surface area (TPSA) is 104 Å². The number of carbonyl (C=O) groups excluding carboxylic acids is 1. The van der Waals surface area contributed by atoms with Gasteiger partial charge in [-0.25, -0.2) is 9.59 Å². The number of amides is 1. The molecule has 0 aromatic heterocycles. The minimum atomic E-state index is -1.37. The van der Waals surface area contributed by atoms with E-state index in [1.54, 1.807) is 24.3 Å². The zero-order valence-corrected chi connectivity index (χ0v) is 10.4. The summed E-state index contributed by atoms with van der Waals surface area (Å²) < 4.78 is 4.97. The van der Waals surface area contributed by atoms with E-state index in [9.17, 15) is 14.4 Å². The van der Waals surface area contributed by atoms with Gasteiger partial charge >= 0.3 is 18.0 Å². The third kappa shape index (κ3) is 2.71. The number of ether oxygens (including phenoxy) is 1. The summed E-state index contributed by atoms with van der Waals surface area (Å²) >= 11 is 0. The Morgan fingerprint density at radius 1 is 1.15 bits per heavy atom. The highest BCUT2D eigenvalue weighted by Crippen LogP contribution is 2.26. The maximum atomic E-state index is 11.7. The van der Waals surface area contributed by atoms with E-state index in [2.05, 4.69) is 0 Å². The summed E-state index contributed by atoms with van der Waals surface area (Å²) in [5.41, 5.74) is 0.767. The van der Waals surface area contributed by atoms with Crippen LogP contribution in [0.2, 0.25) is 0 Å². The van der Waals surface area contributed by atoms with Gasteiger partial charge in [-0.2, -0.15) is 0 Å². The van der Waals surface area contributed by atoms with Gasteiger partial charge in [-0.3, -0.25) is 9.69 Å². The molecule has 1 aliphatic heterocycles. The lowest BCUT2D eigenvalue weighted by Gasteiger charge is -2.41. The molecule has 0 bridgehead atoms. The molecule has 1 aromatic rings. The lowest BCUT2D eigenvalue weighted by Crippen LogP contribution is -2.64. The molecule has 2 rings (SSSR count). The predicted molar refractivity (Wildman–Crippen MR) is 65.9 cm³/mol. The first kappa shape index (κ1) is 13.9. The Labute approximate surface area is 114 Å². The fraction of sp³-hybridized carbons (Fsp3) is 0.308. The summed E-state index contributed by atoms with van der Waals surface area (Å²) in [6, 6.07) is 7.55. The van der Waals surface area contributed by atoms with E-state index in [4.69, 9.17) is 14.9 Å². The maximum absolute atomic E-state index is 11.7. The van der Waals surface area contributed by atoms with Gasteiger partial charge in [0.25, 0.3) is 0 Å². The van der Waals surface area contributed by atoms with Crippen LogP contribution in [0.1, 0.15) is 5.56 Å². The Morgan fingerprint density at radius 2 is 1.80 bits per heavy atom. The van der Waals surface area contributed by atoms with E-state index >= 15 is 0 Å². The van der Waals surface area contributed by atoms with Gasteiger partial charge in [0.2, 0.25) is 0 Å². The molecule has 0 spiro atoms. The number of likely N-dealkylation sites (tertiary alicyclic amines) is 1. The zero-order chi connectivity index (χ0) is 14.7. The van der Waals surface area contributed by atoms with Crippen LogP contribution in [0.4, 0.5) is 4.79 Å². The van der Waals surface area contributed by atoms with Gasteiger partial charge < -0.3 is 14.9 Å². The SMILES string of the molecule is O=C(O)C1CN(C(=O)OCc2ccccc2)C1C(=O)O. The van der Waals surface area contributed by atoms with Crippen LogP contribution in [0, 0.1) is 5.92 Å². The van der Waals surface area contributed by atoms with Gasteiger partial charge in [-0.15, -0.1) is 0 Å². The number of nitrogens with zero attached hydrogens (tertiary/aromatic N) is 1. The minimum Gasteiger partial charge on any atom is -0.481 e. The van der Waals surface area contributed by atoms with E-state index in [-0.39, 0.29) is 13.2 Å². The van der Waals surface area contributed by atoms with Crippen LogP contribution in [0.15, 0.2) is 30.3 Å². The number of rotatable bonds is 4. The molecule has 1 amide bonds. The van der Waals surface area contributed by atoms with Gasteiger partial charge in [0.05, 0.1) is 0 Å². The minimum absolute atomic E-state index is 0.0141. The maximum Gasteiger partial charge on any atom is 0.410 e. The van der Waals surface area contributed by atoms with Crippen molar-refractivity contribution >= 4 is 18.0 Å². The van der Waals surface area contributed by atoms with Crippen molar-refractivity contribution in [1.82, 2.24) is 4.90 Å². The highest BCUT2D eigenvalue weighted by molar-refractivity contribution is 5.89. The molecule has 0 radical (unpaired) electrons. The van der Waals surface area contributed by atoms with E-state index in [1.165, 1.54) is 0 Å². The smallest absolute Gasteiger partial charge is 0.410 e. The van der Waals surface area contributed by atoms with Crippen LogP contribution in [0.3, 0.4) is 0 Å². The van der Waals surface area contributed by atoms with Crippen molar-refractivity contribution in [2.45, 2.75) is 12.6 Å². The van der Waals surface area contributed by atoms with Crippen molar-refractivity contribution in [3.05, 3.63) is 35.9 Å². The summed E-state index contributed by atoms with van der Waals surface area (Å²) in [5.74, 6) is -3.67. The molecule has 2 N–H and O–H groups in total. The summed E-state index contributed by atoms with van der Waals surface area (Å²) in [4.78, 5) is 34.4. The van der Waals surface area contributed by atoms with Crippen molar-refractivity contribution in [3.8, 4) is 0 Å². The zero-order valence-electron chi connectivity index (χ0n) is 10.4. The Hall–Kier alpha value is -2.57. The molecule has 1 aliphatic rings. The van der Waals surface area contributed by atoms with Gasteiger partial charge in [-0.05, 0) is 5.56 Å². The van der Waals surface area contributed by atoms with Crippen molar-refractivity contribution in [1.29, 1.82) is 0 Å². The number of aliphatic carboxylic acids is 2. The van der Waals surface area contributed by atoms with Gasteiger partial charge in [0, 0.05) is 6.54 Å². The molecule has 7 heteroatoms. The Morgan fingerprint density at radius 3 is 2.35 bits per heavy atom. The second-order valence-electron chi connectivity index (χ2n) is 4.42. The van der Waals surface area contributed by atoms with Crippen LogP contribution in [-0.2, 0) is 20.9 Å². The normalized spacial score (nSPS) is 20.9. The molecule has 0 saturated carbocycles. The van der Waals surface area contributed by atoms with E-state index in [1.807, 2.05) is 6.07 Å². The number of carboxylic acids is 2. The van der Waals surface area contributed by atoms with Crippen LogP contribution < -0.4 is 0 Å². The molecule has 2 unspecified atom stereocenters. The summed E-state index contributed by atoms with van der Waals surface area (Å²) in [5, 5.41) is 17.8. The quantitative estimate of drug-likeness (QED) is 0.844. The first-order valence-electron chi connectivity index (χ1n) is 5.93. The molecular formula is C13H13NO6. The van der Waals surface area contributed by atoms with Crippen molar-refractivity contribution < 1.29 is 29.3 Å². The molecule has 2 atom stereocenters. The number of hydrogen-bond donors (Lipinski definition) is 2. The molecule has 0 aliphatic carbocycles. The van der Waals surface area contributed by atoms with E-state index < -0.39 is 30.0 Å². The monoisotopic (exact) mass is 279 g/mol. The highest BCUT2D eigenvalue weighted by Gasteiger charge is 2.51. The van der Waals surface area contributed by atoms with Crippen LogP contribution in [0.25, 0.3) is 0 Å². The van der Waals surface area contributed by atoms with Gasteiger partial charge in [0.15, 0.2) is 0 Å². The fourth-order valence-electron chi connectivity index (χ4n) is 2.01. The number of hydrogen-bond acceptors (Lipinski definition) is 4. The van der Waals surface area contributed by atoms with Crippen molar-refractivity contribution in [2.24, 2.45) is 5.92 Å². The average molecular weight is 279 g/mol. The van der Waals surface area contributed by atoms with Crippen LogP contribution in [-0.4, -0.2) is 45.7 Å². The van der Waals surface area contributed by atoms with Crippen molar-refractivity contribution in [3.63, 3.8) is 0 Å².